The minimum atomic E-state index is -0.851. The van der Waals surface area contributed by atoms with Gasteiger partial charge in [0.25, 0.3) is 0 Å². The number of likely N-dealkylation sites (tertiary alicyclic amines) is 1. The molecule has 0 aromatic heterocycles. The maximum atomic E-state index is 12.9. The number of benzene rings is 1. The zero-order valence-electron chi connectivity index (χ0n) is 19.1. The van der Waals surface area contributed by atoms with E-state index >= 15 is 0 Å². The van der Waals surface area contributed by atoms with Gasteiger partial charge in [-0.1, -0.05) is 37.6 Å². The third kappa shape index (κ3) is 4.72. The zero-order chi connectivity index (χ0) is 22.0. The van der Waals surface area contributed by atoms with Crippen molar-refractivity contribution in [1.29, 1.82) is 0 Å². The molecule has 1 saturated heterocycles. The van der Waals surface area contributed by atoms with Gasteiger partial charge in [-0.2, -0.15) is 0 Å². The second-order valence-corrected chi connectivity index (χ2v) is 8.85. The van der Waals surface area contributed by atoms with E-state index in [0.717, 1.165) is 29.8 Å². The highest BCUT2D eigenvalue weighted by Crippen LogP contribution is 2.46. The van der Waals surface area contributed by atoms with E-state index in [2.05, 4.69) is 4.90 Å². The molecule has 0 aliphatic carbocycles. The summed E-state index contributed by atoms with van der Waals surface area (Å²) >= 11 is 0. The van der Waals surface area contributed by atoms with Gasteiger partial charge in [0.05, 0.1) is 5.41 Å². The van der Waals surface area contributed by atoms with Gasteiger partial charge in [-0.15, -0.1) is 0 Å². The zero-order valence-corrected chi connectivity index (χ0v) is 19.1. The second-order valence-electron chi connectivity index (χ2n) is 8.85. The van der Waals surface area contributed by atoms with Gasteiger partial charge in [-0.3, -0.25) is 4.79 Å². The molecule has 0 N–H and O–H groups in total. The third-order valence-corrected chi connectivity index (χ3v) is 5.40. The summed E-state index contributed by atoms with van der Waals surface area (Å²) in [5.41, 5.74) is 1.67. The number of hydrogen-bond acceptors (Lipinski definition) is 5. The van der Waals surface area contributed by atoms with Gasteiger partial charge in [0, 0.05) is 25.9 Å². The molecule has 2 aliphatic heterocycles. The van der Waals surface area contributed by atoms with Crippen molar-refractivity contribution in [2.45, 2.75) is 66.9 Å². The summed E-state index contributed by atoms with van der Waals surface area (Å²) in [6, 6.07) is 5.95. The number of ether oxygens (including phenoxy) is 2. The number of piperidine rings is 1. The van der Waals surface area contributed by atoms with Crippen molar-refractivity contribution in [1.82, 2.24) is 4.90 Å². The fourth-order valence-corrected chi connectivity index (χ4v) is 3.53. The maximum absolute atomic E-state index is 12.9. The molecule has 0 atom stereocenters. The predicted octanol–water partition coefficient (Wildman–Crippen LogP) is 4.65. The summed E-state index contributed by atoms with van der Waals surface area (Å²) in [5.74, 6) is -0.351. The van der Waals surface area contributed by atoms with E-state index in [1.165, 1.54) is 0 Å². The third-order valence-electron chi connectivity index (χ3n) is 5.40. The van der Waals surface area contributed by atoms with Crippen molar-refractivity contribution < 1.29 is 19.1 Å². The van der Waals surface area contributed by atoms with Gasteiger partial charge in [0.15, 0.2) is 11.4 Å². The highest BCUT2D eigenvalue weighted by atomic mass is 16.6. The number of carbonyl (C=O) groups is 2. The molecule has 2 aliphatic rings. The monoisotopic (exact) mass is 401 g/mol. The minimum Gasteiger partial charge on any atom is -0.447 e. The lowest BCUT2D eigenvalue weighted by atomic mass is 9.86. The Hall–Kier alpha value is -2.14. The van der Waals surface area contributed by atoms with Gasteiger partial charge in [-0.05, 0) is 52.8 Å². The number of nitrogens with zero attached hydrogens (tertiary/aromatic N) is 1. The molecule has 5 nitrogen and oxygen atoms in total. The summed E-state index contributed by atoms with van der Waals surface area (Å²) in [4.78, 5) is 27.9. The van der Waals surface area contributed by atoms with E-state index in [1.807, 2.05) is 73.7 Å². The van der Waals surface area contributed by atoms with Crippen molar-refractivity contribution in [3.63, 3.8) is 0 Å². The van der Waals surface area contributed by atoms with Gasteiger partial charge in [-0.25, -0.2) is 4.79 Å². The minimum absolute atomic E-state index is 0.350. The van der Waals surface area contributed by atoms with E-state index < -0.39 is 17.0 Å². The van der Waals surface area contributed by atoms with E-state index in [4.69, 9.17) is 9.47 Å². The number of rotatable bonds is 2. The first kappa shape index (κ1) is 23.1. The molecule has 1 fully saturated rings. The van der Waals surface area contributed by atoms with Crippen molar-refractivity contribution in [3.05, 3.63) is 40.6 Å². The van der Waals surface area contributed by atoms with E-state index in [9.17, 15) is 9.59 Å². The van der Waals surface area contributed by atoms with Crippen LogP contribution >= 0.6 is 0 Å². The molecule has 0 radical (unpaired) electrons. The highest BCUT2D eigenvalue weighted by molar-refractivity contribution is 6.20. The van der Waals surface area contributed by atoms with Crippen molar-refractivity contribution in [2.24, 2.45) is 5.41 Å². The highest BCUT2D eigenvalue weighted by Gasteiger charge is 2.52. The van der Waals surface area contributed by atoms with Crippen LogP contribution in [0.25, 0.3) is 5.57 Å². The van der Waals surface area contributed by atoms with Gasteiger partial charge >= 0.3 is 11.9 Å². The molecule has 0 saturated carbocycles. The topological polar surface area (TPSA) is 55.8 Å². The standard InChI is InChI=1S/C22H29NO4.C2H6/c1-14-7-8-15(2)16(13-14)17-18(26-20(25)21(3,4)5)22(27-19(17)24)9-11-23(6)12-10-22;1-2/h7-8,13H,9-12H2,1-6H3;1-2H3. The first-order chi connectivity index (χ1) is 13.5. The van der Waals surface area contributed by atoms with E-state index in [0.29, 0.717) is 24.2 Å². The number of hydrogen-bond donors (Lipinski definition) is 0. The Bertz CT molecular complexity index is 809. The molecule has 160 valence electrons. The van der Waals surface area contributed by atoms with Crippen molar-refractivity contribution in [2.75, 3.05) is 20.1 Å². The molecule has 1 spiro atoms. The quantitative estimate of drug-likeness (QED) is 0.675. The van der Waals surface area contributed by atoms with Crippen LogP contribution in [0.3, 0.4) is 0 Å². The Labute approximate surface area is 175 Å². The first-order valence-electron chi connectivity index (χ1n) is 10.5. The van der Waals surface area contributed by atoms with E-state index in [1.54, 1.807) is 0 Å². The molecular formula is C24H35NO4. The normalized spacial score (nSPS) is 19.0. The maximum Gasteiger partial charge on any atom is 0.343 e. The summed E-state index contributed by atoms with van der Waals surface area (Å²) in [6.45, 7) is 14.9. The molecule has 2 heterocycles. The van der Waals surface area contributed by atoms with Crippen LogP contribution in [0.15, 0.2) is 24.0 Å². The molecule has 0 bridgehead atoms. The lowest BCUT2D eigenvalue weighted by molar-refractivity contribution is -0.160. The first-order valence-corrected chi connectivity index (χ1v) is 10.5. The molecule has 0 amide bonds. The lowest BCUT2D eigenvalue weighted by Crippen LogP contribution is -2.45. The smallest absolute Gasteiger partial charge is 0.343 e. The Morgan fingerprint density at radius 2 is 1.72 bits per heavy atom. The summed E-state index contributed by atoms with van der Waals surface area (Å²) in [7, 11) is 2.04. The van der Waals surface area contributed by atoms with Crippen LogP contribution in [-0.4, -0.2) is 42.6 Å². The summed E-state index contributed by atoms with van der Waals surface area (Å²) in [6.07, 6.45) is 1.24. The fourth-order valence-electron chi connectivity index (χ4n) is 3.53. The fraction of sp³-hybridized carbons (Fsp3) is 0.583. The molecule has 29 heavy (non-hydrogen) atoms. The molecule has 3 rings (SSSR count). The Morgan fingerprint density at radius 1 is 1.14 bits per heavy atom. The van der Waals surface area contributed by atoms with Crippen LogP contribution < -0.4 is 0 Å². The predicted molar refractivity (Wildman–Crippen MR) is 115 cm³/mol. The van der Waals surface area contributed by atoms with Gasteiger partial charge in [0.2, 0.25) is 0 Å². The average Bonchev–Trinajstić information content (AvgIpc) is 2.92. The van der Waals surface area contributed by atoms with Crippen LogP contribution in [0.4, 0.5) is 0 Å². The molecule has 0 unspecified atom stereocenters. The molecule has 5 heteroatoms. The Balaban J connectivity index is 0.00000145. The summed E-state index contributed by atoms with van der Waals surface area (Å²) in [5, 5.41) is 0. The van der Waals surface area contributed by atoms with Crippen LogP contribution in [0.2, 0.25) is 0 Å². The Kier molecular flexibility index (Phi) is 6.94. The molecule has 1 aromatic rings. The van der Waals surface area contributed by atoms with Gasteiger partial charge < -0.3 is 14.4 Å². The average molecular weight is 402 g/mol. The summed E-state index contributed by atoms with van der Waals surface area (Å²) < 4.78 is 11.8. The van der Waals surface area contributed by atoms with E-state index in [-0.39, 0.29) is 5.97 Å². The van der Waals surface area contributed by atoms with Gasteiger partial charge in [0.1, 0.15) is 5.57 Å². The Morgan fingerprint density at radius 3 is 2.28 bits per heavy atom. The van der Waals surface area contributed by atoms with Crippen LogP contribution in [0, 0.1) is 19.3 Å². The van der Waals surface area contributed by atoms with Crippen molar-refractivity contribution >= 4 is 17.5 Å². The SMILES string of the molecule is CC.Cc1ccc(C)c(C2=C(OC(=O)C(C)(C)C)C3(CCN(C)CC3)OC2=O)c1. The van der Waals surface area contributed by atoms with Crippen LogP contribution in [-0.2, 0) is 19.1 Å². The van der Waals surface area contributed by atoms with Crippen LogP contribution in [0.5, 0.6) is 0 Å². The molecular weight excluding hydrogens is 366 g/mol. The molecule has 1 aromatic carbocycles. The number of aryl methyl sites for hydroxylation is 2. The second kappa shape index (κ2) is 8.70. The number of esters is 2. The van der Waals surface area contributed by atoms with Crippen LogP contribution in [0.1, 0.15) is 64.2 Å². The largest absolute Gasteiger partial charge is 0.447 e. The van der Waals surface area contributed by atoms with Crippen molar-refractivity contribution in [3.8, 4) is 0 Å². The number of carbonyl (C=O) groups excluding carboxylic acids is 2. The lowest BCUT2D eigenvalue weighted by Gasteiger charge is -2.37.